The summed E-state index contributed by atoms with van der Waals surface area (Å²) in [4.78, 5) is 16.7. The summed E-state index contributed by atoms with van der Waals surface area (Å²) in [5, 5.41) is 0.638. The molecular formula is C18H17ClN2O3. The summed E-state index contributed by atoms with van der Waals surface area (Å²) in [6.45, 7) is 3.24. The SMILES string of the molecule is O=C(c1ccc(Cl)cc1)N1CCN(c2ccc3c(c2)OCO3)CC1. The first-order chi connectivity index (χ1) is 11.7. The topological polar surface area (TPSA) is 42.0 Å². The first kappa shape index (κ1) is 15.1. The molecule has 2 aliphatic heterocycles. The lowest BCUT2D eigenvalue weighted by molar-refractivity contribution is 0.0746. The van der Waals surface area contributed by atoms with Crippen LogP contribution in [0.2, 0.25) is 5.02 Å². The largest absolute Gasteiger partial charge is 0.454 e. The van der Waals surface area contributed by atoms with Crippen molar-refractivity contribution in [2.75, 3.05) is 37.9 Å². The number of ether oxygens (including phenoxy) is 2. The van der Waals surface area contributed by atoms with E-state index in [0.29, 0.717) is 23.7 Å². The van der Waals surface area contributed by atoms with Gasteiger partial charge in [-0.25, -0.2) is 0 Å². The summed E-state index contributed by atoms with van der Waals surface area (Å²) < 4.78 is 10.8. The maximum absolute atomic E-state index is 12.5. The number of carbonyl (C=O) groups excluding carboxylic acids is 1. The number of rotatable bonds is 2. The van der Waals surface area contributed by atoms with Gasteiger partial charge in [-0.1, -0.05) is 11.6 Å². The van der Waals surface area contributed by atoms with Crippen molar-refractivity contribution >= 4 is 23.2 Å². The molecule has 1 amide bonds. The molecule has 0 N–H and O–H groups in total. The first-order valence-corrected chi connectivity index (χ1v) is 8.28. The van der Waals surface area contributed by atoms with Crippen molar-refractivity contribution in [2.24, 2.45) is 0 Å². The third kappa shape index (κ3) is 2.87. The van der Waals surface area contributed by atoms with Crippen molar-refractivity contribution in [3.63, 3.8) is 0 Å². The van der Waals surface area contributed by atoms with Gasteiger partial charge < -0.3 is 19.3 Å². The Kier molecular flexibility index (Phi) is 3.94. The minimum Gasteiger partial charge on any atom is -0.454 e. The monoisotopic (exact) mass is 344 g/mol. The van der Waals surface area contributed by atoms with Gasteiger partial charge in [-0.3, -0.25) is 4.79 Å². The minimum absolute atomic E-state index is 0.0528. The number of hydrogen-bond acceptors (Lipinski definition) is 4. The van der Waals surface area contributed by atoms with E-state index in [-0.39, 0.29) is 12.7 Å². The zero-order valence-electron chi connectivity index (χ0n) is 13.1. The zero-order chi connectivity index (χ0) is 16.5. The van der Waals surface area contributed by atoms with Crippen LogP contribution >= 0.6 is 11.6 Å². The molecule has 0 unspecified atom stereocenters. The Balaban J connectivity index is 1.41. The number of amides is 1. The van der Waals surface area contributed by atoms with Crippen molar-refractivity contribution in [3.8, 4) is 11.5 Å². The summed E-state index contributed by atoms with van der Waals surface area (Å²) in [6, 6.07) is 13.0. The fraction of sp³-hybridized carbons (Fsp3) is 0.278. The number of halogens is 1. The standard InChI is InChI=1S/C18H17ClN2O3/c19-14-3-1-13(2-4-14)18(22)21-9-7-20(8-10-21)15-5-6-16-17(11-15)24-12-23-16/h1-6,11H,7-10,12H2. The molecule has 0 aliphatic carbocycles. The molecular weight excluding hydrogens is 328 g/mol. The van der Waals surface area contributed by atoms with E-state index in [1.165, 1.54) is 0 Å². The van der Waals surface area contributed by atoms with E-state index in [1.807, 2.05) is 23.1 Å². The molecule has 0 spiro atoms. The predicted molar refractivity (Wildman–Crippen MR) is 92.1 cm³/mol. The van der Waals surface area contributed by atoms with Crippen LogP contribution in [0.1, 0.15) is 10.4 Å². The average molecular weight is 345 g/mol. The lowest BCUT2D eigenvalue weighted by Gasteiger charge is -2.36. The van der Waals surface area contributed by atoms with Crippen molar-refractivity contribution in [3.05, 3.63) is 53.1 Å². The highest BCUT2D eigenvalue weighted by Crippen LogP contribution is 2.35. The lowest BCUT2D eigenvalue weighted by atomic mass is 10.1. The predicted octanol–water partition coefficient (Wildman–Crippen LogP) is 3.03. The average Bonchev–Trinajstić information content (AvgIpc) is 3.09. The molecule has 2 aromatic rings. The third-order valence-corrected chi connectivity index (χ3v) is 4.63. The Morgan fingerprint density at radius 1 is 0.917 bits per heavy atom. The van der Waals surface area contributed by atoms with Gasteiger partial charge in [-0.05, 0) is 36.4 Å². The quantitative estimate of drug-likeness (QED) is 0.839. The van der Waals surface area contributed by atoms with E-state index in [2.05, 4.69) is 4.90 Å². The highest BCUT2D eigenvalue weighted by atomic mass is 35.5. The molecule has 4 rings (SSSR count). The summed E-state index contributed by atoms with van der Waals surface area (Å²) in [7, 11) is 0. The maximum Gasteiger partial charge on any atom is 0.253 e. The lowest BCUT2D eigenvalue weighted by Crippen LogP contribution is -2.48. The van der Waals surface area contributed by atoms with E-state index in [4.69, 9.17) is 21.1 Å². The highest BCUT2D eigenvalue weighted by molar-refractivity contribution is 6.30. The smallest absolute Gasteiger partial charge is 0.253 e. The Labute approximate surface area is 145 Å². The van der Waals surface area contributed by atoms with Gasteiger partial charge in [0.2, 0.25) is 6.79 Å². The van der Waals surface area contributed by atoms with Crippen LogP contribution in [0.25, 0.3) is 0 Å². The molecule has 0 saturated carbocycles. The number of hydrogen-bond donors (Lipinski definition) is 0. The summed E-state index contributed by atoms with van der Waals surface area (Å²) in [5.74, 6) is 1.62. The summed E-state index contributed by atoms with van der Waals surface area (Å²) >= 11 is 5.88. The molecule has 1 saturated heterocycles. The van der Waals surface area contributed by atoms with E-state index in [0.717, 1.165) is 30.3 Å². The van der Waals surface area contributed by atoms with Gasteiger partial charge in [-0.2, -0.15) is 0 Å². The van der Waals surface area contributed by atoms with Crippen LogP contribution in [-0.2, 0) is 0 Å². The molecule has 124 valence electrons. The van der Waals surface area contributed by atoms with Crippen molar-refractivity contribution < 1.29 is 14.3 Å². The van der Waals surface area contributed by atoms with Gasteiger partial charge in [0.15, 0.2) is 11.5 Å². The molecule has 0 atom stereocenters. The highest BCUT2D eigenvalue weighted by Gasteiger charge is 2.23. The molecule has 2 heterocycles. The van der Waals surface area contributed by atoms with E-state index < -0.39 is 0 Å². The Morgan fingerprint density at radius 3 is 2.38 bits per heavy atom. The fourth-order valence-electron chi connectivity index (χ4n) is 3.02. The molecule has 0 aromatic heterocycles. The van der Waals surface area contributed by atoms with Crippen LogP contribution in [0.3, 0.4) is 0 Å². The van der Waals surface area contributed by atoms with Crippen LogP contribution in [0.15, 0.2) is 42.5 Å². The second-order valence-corrected chi connectivity index (χ2v) is 6.26. The minimum atomic E-state index is 0.0528. The van der Waals surface area contributed by atoms with Crippen molar-refractivity contribution in [2.45, 2.75) is 0 Å². The molecule has 2 aromatic carbocycles. The molecule has 6 heteroatoms. The van der Waals surface area contributed by atoms with E-state index in [9.17, 15) is 4.79 Å². The summed E-state index contributed by atoms with van der Waals surface area (Å²) in [6.07, 6.45) is 0. The Hall–Kier alpha value is -2.40. The second-order valence-electron chi connectivity index (χ2n) is 5.82. The number of piperazine rings is 1. The molecule has 2 aliphatic rings. The van der Waals surface area contributed by atoms with Gasteiger partial charge in [0.05, 0.1) is 0 Å². The van der Waals surface area contributed by atoms with Gasteiger partial charge in [0.1, 0.15) is 0 Å². The number of nitrogens with zero attached hydrogens (tertiary/aromatic N) is 2. The summed E-state index contributed by atoms with van der Waals surface area (Å²) in [5.41, 5.74) is 1.77. The second kappa shape index (κ2) is 6.24. The number of fused-ring (bicyclic) bond motifs is 1. The van der Waals surface area contributed by atoms with Crippen molar-refractivity contribution in [1.29, 1.82) is 0 Å². The molecule has 0 bridgehead atoms. The normalized spacial score (nSPS) is 16.4. The van der Waals surface area contributed by atoms with Crippen LogP contribution in [0, 0.1) is 0 Å². The van der Waals surface area contributed by atoms with E-state index >= 15 is 0 Å². The molecule has 0 radical (unpaired) electrons. The van der Waals surface area contributed by atoms with Gasteiger partial charge in [-0.15, -0.1) is 0 Å². The van der Waals surface area contributed by atoms with Crippen molar-refractivity contribution in [1.82, 2.24) is 4.90 Å². The van der Waals surface area contributed by atoms with Crippen LogP contribution in [0.4, 0.5) is 5.69 Å². The molecule has 24 heavy (non-hydrogen) atoms. The number of benzene rings is 2. The third-order valence-electron chi connectivity index (χ3n) is 4.38. The van der Waals surface area contributed by atoms with E-state index in [1.54, 1.807) is 24.3 Å². The maximum atomic E-state index is 12.5. The fourth-order valence-corrected chi connectivity index (χ4v) is 3.15. The van der Waals surface area contributed by atoms with Crippen LogP contribution in [0.5, 0.6) is 11.5 Å². The number of carbonyl (C=O) groups is 1. The van der Waals surface area contributed by atoms with Crippen LogP contribution in [-0.4, -0.2) is 43.8 Å². The van der Waals surface area contributed by atoms with Gasteiger partial charge >= 0.3 is 0 Å². The molecule has 5 nitrogen and oxygen atoms in total. The van der Waals surface area contributed by atoms with Crippen LogP contribution < -0.4 is 14.4 Å². The van der Waals surface area contributed by atoms with Gasteiger partial charge in [0, 0.05) is 48.5 Å². The molecule has 1 fully saturated rings. The first-order valence-electron chi connectivity index (χ1n) is 7.90. The van der Waals surface area contributed by atoms with Gasteiger partial charge in [0.25, 0.3) is 5.91 Å². The zero-order valence-corrected chi connectivity index (χ0v) is 13.8. The Bertz CT molecular complexity index is 755. The Morgan fingerprint density at radius 2 is 1.62 bits per heavy atom. The number of anilines is 1.